The molecule has 3 heterocycles. The maximum absolute atomic E-state index is 4.33. The van der Waals surface area contributed by atoms with Gasteiger partial charge in [-0.3, -0.25) is 0 Å². The average Bonchev–Trinajstić information content (AvgIpc) is 3.02. The third-order valence-corrected chi connectivity index (χ3v) is 3.69. The summed E-state index contributed by atoms with van der Waals surface area (Å²) in [5, 5.41) is 7.78. The molecule has 1 aliphatic heterocycles. The molecule has 1 aliphatic rings. The molecule has 2 aromatic heterocycles. The summed E-state index contributed by atoms with van der Waals surface area (Å²) in [4.78, 5) is 10.9. The van der Waals surface area contributed by atoms with E-state index in [1.165, 1.54) is 12.0 Å². The molecule has 0 spiro atoms. The Hall–Kier alpha value is -2.21. The molecule has 21 heavy (non-hydrogen) atoms. The molecular formula is C15H20N6. The van der Waals surface area contributed by atoms with Crippen molar-refractivity contribution >= 4 is 12.1 Å². The maximum Gasteiger partial charge on any atom is 0.225 e. The molecule has 1 atom stereocenters. The van der Waals surface area contributed by atoms with Crippen molar-refractivity contribution in [2.24, 2.45) is 0 Å². The van der Waals surface area contributed by atoms with Crippen LogP contribution in [0.4, 0.5) is 5.95 Å². The molecule has 0 bridgehead atoms. The summed E-state index contributed by atoms with van der Waals surface area (Å²) in [6.45, 7) is 6.49. The van der Waals surface area contributed by atoms with E-state index in [2.05, 4.69) is 31.9 Å². The Labute approximate surface area is 124 Å². The van der Waals surface area contributed by atoms with Crippen LogP contribution in [0.1, 0.15) is 18.4 Å². The highest BCUT2D eigenvalue weighted by Crippen LogP contribution is 2.15. The minimum Gasteiger partial charge on any atom is -0.339 e. The molecule has 0 amide bonds. The summed E-state index contributed by atoms with van der Waals surface area (Å²) in [5.41, 5.74) is 1.17. The van der Waals surface area contributed by atoms with Gasteiger partial charge in [0.05, 0.1) is 6.20 Å². The molecule has 0 radical (unpaired) electrons. The van der Waals surface area contributed by atoms with Gasteiger partial charge in [0.1, 0.15) is 0 Å². The summed E-state index contributed by atoms with van der Waals surface area (Å²) in [6.07, 6.45) is 11.5. The summed E-state index contributed by atoms with van der Waals surface area (Å²) in [6, 6.07) is 2.30. The number of anilines is 1. The third-order valence-electron chi connectivity index (χ3n) is 3.69. The number of hydrogen-bond donors (Lipinski definition) is 1. The Morgan fingerprint density at radius 3 is 3.00 bits per heavy atom. The van der Waals surface area contributed by atoms with Crippen LogP contribution in [0.25, 0.3) is 6.20 Å². The number of aromatic nitrogens is 4. The largest absolute Gasteiger partial charge is 0.339 e. The van der Waals surface area contributed by atoms with Crippen LogP contribution in [-0.2, 0) is 6.54 Å². The van der Waals surface area contributed by atoms with Gasteiger partial charge in [-0.25, -0.2) is 14.6 Å². The Morgan fingerprint density at radius 2 is 2.24 bits per heavy atom. The van der Waals surface area contributed by atoms with Crippen LogP contribution < -0.4 is 10.2 Å². The molecule has 1 saturated heterocycles. The zero-order chi connectivity index (χ0) is 14.5. The van der Waals surface area contributed by atoms with Gasteiger partial charge in [-0.1, -0.05) is 6.58 Å². The van der Waals surface area contributed by atoms with Gasteiger partial charge in [-0.05, 0) is 18.9 Å². The van der Waals surface area contributed by atoms with Gasteiger partial charge >= 0.3 is 0 Å². The van der Waals surface area contributed by atoms with E-state index >= 15 is 0 Å². The second-order valence-electron chi connectivity index (χ2n) is 5.23. The van der Waals surface area contributed by atoms with E-state index in [4.69, 9.17) is 0 Å². The Bertz CT molecular complexity index is 579. The Kier molecular flexibility index (Phi) is 4.25. The van der Waals surface area contributed by atoms with Crippen LogP contribution in [0.5, 0.6) is 0 Å². The fourth-order valence-electron chi connectivity index (χ4n) is 2.61. The van der Waals surface area contributed by atoms with Crippen LogP contribution in [0.3, 0.4) is 0 Å². The molecule has 6 heteroatoms. The van der Waals surface area contributed by atoms with Gasteiger partial charge in [0, 0.05) is 56.0 Å². The SMILES string of the molecule is C=Cn1cc(CNC2CCCN(c3ncccn3)C2)cn1. The minimum absolute atomic E-state index is 0.453. The van der Waals surface area contributed by atoms with Crippen molar-refractivity contribution in [2.75, 3.05) is 18.0 Å². The van der Waals surface area contributed by atoms with Gasteiger partial charge in [0.25, 0.3) is 0 Å². The molecule has 6 nitrogen and oxygen atoms in total. The van der Waals surface area contributed by atoms with E-state index in [-0.39, 0.29) is 0 Å². The monoisotopic (exact) mass is 284 g/mol. The van der Waals surface area contributed by atoms with E-state index in [9.17, 15) is 0 Å². The molecule has 1 unspecified atom stereocenters. The quantitative estimate of drug-likeness (QED) is 0.902. The lowest BCUT2D eigenvalue weighted by Gasteiger charge is -2.33. The maximum atomic E-state index is 4.33. The van der Waals surface area contributed by atoms with E-state index in [0.717, 1.165) is 32.0 Å². The smallest absolute Gasteiger partial charge is 0.225 e. The van der Waals surface area contributed by atoms with E-state index < -0.39 is 0 Å². The molecule has 0 saturated carbocycles. The molecular weight excluding hydrogens is 264 g/mol. The van der Waals surface area contributed by atoms with Crippen molar-refractivity contribution in [2.45, 2.75) is 25.4 Å². The number of nitrogens with one attached hydrogen (secondary N) is 1. The molecule has 110 valence electrons. The first-order chi connectivity index (χ1) is 10.3. The average molecular weight is 284 g/mol. The Morgan fingerprint density at radius 1 is 1.38 bits per heavy atom. The standard InChI is InChI=1S/C15H20N6/c1-2-21-11-13(10-19-21)9-18-14-5-3-8-20(12-14)15-16-6-4-7-17-15/h2,4,6-7,10-11,14,18H,1,3,5,8-9,12H2. The summed E-state index contributed by atoms with van der Waals surface area (Å²) < 4.78 is 1.72. The molecule has 0 aromatic carbocycles. The lowest BCUT2D eigenvalue weighted by atomic mass is 10.1. The van der Waals surface area contributed by atoms with Crippen molar-refractivity contribution in [1.82, 2.24) is 25.1 Å². The summed E-state index contributed by atoms with van der Waals surface area (Å²) in [5.74, 6) is 0.823. The number of nitrogens with zero attached hydrogens (tertiary/aromatic N) is 5. The molecule has 3 rings (SSSR count). The number of rotatable bonds is 5. The molecule has 1 N–H and O–H groups in total. The highest BCUT2D eigenvalue weighted by atomic mass is 15.3. The normalized spacial score (nSPS) is 18.7. The van der Waals surface area contributed by atoms with Crippen molar-refractivity contribution in [3.05, 3.63) is 43.0 Å². The third kappa shape index (κ3) is 3.46. The number of hydrogen-bond acceptors (Lipinski definition) is 5. The van der Waals surface area contributed by atoms with E-state index in [1.54, 1.807) is 23.3 Å². The van der Waals surface area contributed by atoms with Crippen molar-refractivity contribution in [3.8, 4) is 0 Å². The van der Waals surface area contributed by atoms with Gasteiger partial charge in [-0.15, -0.1) is 0 Å². The second kappa shape index (κ2) is 6.49. The lowest BCUT2D eigenvalue weighted by Crippen LogP contribution is -2.46. The number of piperidine rings is 1. The van der Waals surface area contributed by atoms with Gasteiger partial charge in [0.15, 0.2) is 0 Å². The first kappa shape index (κ1) is 13.8. The fourth-order valence-corrected chi connectivity index (χ4v) is 2.61. The lowest BCUT2D eigenvalue weighted by molar-refractivity contribution is 0.418. The predicted octanol–water partition coefficient (Wildman–Crippen LogP) is 1.53. The van der Waals surface area contributed by atoms with E-state index in [1.807, 2.05) is 18.5 Å². The first-order valence-electron chi connectivity index (χ1n) is 7.26. The summed E-state index contributed by atoms with van der Waals surface area (Å²) >= 11 is 0. The van der Waals surface area contributed by atoms with Crippen molar-refractivity contribution < 1.29 is 0 Å². The summed E-state index contributed by atoms with van der Waals surface area (Å²) in [7, 11) is 0. The van der Waals surface area contributed by atoms with Crippen LogP contribution in [-0.4, -0.2) is 38.9 Å². The zero-order valence-electron chi connectivity index (χ0n) is 12.0. The highest BCUT2D eigenvalue weighted by Gasteiger charge is 2.21. The molecule has 1 fully saturated rings. The Balaban J connectivity index is 1.55. The van der Waals surface area contributed by atoms with Gasteiger partial charge < -0.3 is 10.2 Å². The van der Waals surface area contributed by atoms with Crippen molar-refractivity contribution in [1.29, 1.82) is 0 Å². The topological polar surface area (TPSA) is 58.9 Å². The highest BCUT2D eigenvalue weighted by molar-refractivity contribution is 5.29. The van der Waals surface area contributed by atoms with Crippen molar-refractivity contribution in [3.63, 3.8) is 0 Å². The molecule has 0 aliphatic carbocycles. The van der Waals surface area contributed by atoms with Crippen LogP contribution in [0.2, 0.25) is 0 Å². The van der Waals surface area contributed by atoms with Gasteiger partial charge in [0.2, 0.25) is 5.95 Å². The molecule has 2 aromatic rings. The minimum atomic E-state index is 0.453. The predicted molar refractivity (Wildman–Crippen MR) is 82.7 cm³/mol. The fraction of sp³-hybridized carbons (Fsp3) is 0.400. The first-order valence-corrected chi connectivity index (χ1v) is 7.26. The zero-order valence-corrected chi connectivity index (χ0v) is 12.0. The van der Waals surface area contributed by atoms with E-state index in [0.29, 0.717) is 6.04 Å². The van der Waals surface area contributed by atoms with Crippen LogP contribution >= 0.6 is 0 Å². The van der Waals surface area contributed by atoms with Crippen LogP contribution in [0, 0.1) is 0 Å². The van der Waals surface area contributed by atoms with Gasteiger partial charge in [-0.2, -0.15) is 5.10 Å². The second-order valence-corrected chi connectivity index (χ2v) is 5.23. The van der Waals surface area contributed by atoms with Crippen LogP contribution in [0.15, 0.2) is 37.4 Å².